The van der Waals surface area contributed by atoms with Gasteiger partial charge >= 0.3 is 0 Å². The summed E-state index contributed by atoms with van der Waals surface area (Å²) in [6.45, 7) is 1.78. The van der Waals surface area contributed by atoms with Gasteiger partial charge in [0.1, 0.15) is 0 Å². The summed E-state index contributed by atoms with van der Waals surface area (Å²) in [5, 5.41) is 10.3. The van der Waals surface area contributed by atoms with E-state index in [2.05, 4.69) is 4.90 Å². The van der Waals surface area contributed by atoms with E-state index in [0.717, 1.165) is 25.9 Å². The summed E-state index contributed by atoms with van der Waals surface area (Å²) in [5.41, 5.74) is 0. The highest BCUT2D eigenvalue weighted by molar-refractivity contribution is 5.67. The lowest BCUT2D eigenvalue weighted by Gasteiger charge is -2.29. The van der Waals surface area contributed by atoms with E-state index in [1.807, 2.05) is 7.05 Å². The Hall–Kier alpha value is -0.570. The zero-order valence-corrected chi connectivity index (χ0v) is 6.17. The van der Waals surface area contributed by atoms with Crippen LogP contribution in [0.1, 0.15) is 12.8 Å². The molecule has 0 radical (unpaired) electrons. The summed E-state index contributed by atoms with van der Waals surface area (Å²) in [6, 6.07) is 0. The normalized spacial score (nSPS) is 22.9. The lowest BCUT2D eigenvalue weighted by molar-refractivity contribution is -0.312. The molecule has 0 aromatic carbocycles. The van der Waals surface area contributed by atoms with E-state index in [4.69, 9.17) is 0 Å². The van der Waals surface area contributed by atoms with Crippen molar-refractivity contribution in [1.82, 2.24) is 4.90 Å². The SMILES string of the molecule is CN1CCC(C(=O)[O-])CC1. The van der Waals surface area contributed by atoms with Gasteiger partial charge < -0.3 is 14.8 Å². The zero-order chi connectivity index (χ0) is 7.56. The van der Waals surface area contributed by atoms with Crippen LogP contribution in [0, 0.1) is 5.92 Å². The number of hydrogen-bond donors (Lipinski definition) is 0. The number of carbonyl (C=O) groups excluding carboxylic acids is 1. The van der Waals surface area contributed by atoms with Gasteiger partial charge in [-0.25, -0.2) is 0 Å². The number of carbonyl (C=O) groups is 1. The first kappa shape index (κ1) is 7.54. The van der Waals surface area contributed by atoms with E-state index in [-0.39, 0.29) is 5.92 Å². The molecule has 58 valence electrons. The largest absolute Gasteiger partial charge is 0.550 e. The fraction of sp³-hybridized carbons (Fsp3) is 0.857. The summed E-state index contributed by atoms with van der Waals surface area (Å²) < 4.78 is 0. The standard InChI is InChI=1S/C7H13NO2/c1-8-4-2-6(3-5-8)7(9)10/h6H,2-5H2,1H3,(H,9,10)/p-1. The maximum atomic E-state index is 10.3. The van der Waals surface area contributed by atoms with Crippen LogP contribution >= 0.6 is 0 Å². The Kier molecular flexibility index (Phi) is 2.27. The molecule has 1 saturated heterocycles. The second-order valence-corrected chi connectivity index (χ2v) is 2.90. The van der Waals surface area contributed by atoms with Crippen molar-refractivity contribution >= 4 is 5.97 Å². The first-order valence-corrected chi connectivity index (χ1v) is 3.59. The molecule has 1 rings (SSSR count). The smallest absolute Gasteiger partial charge is 0.0446 e. The van der Waals surface area contributed by atoms with Crippen LogP contribution in [0.3, 0.4) is 0 Å². The Morgan fingerprint density at radius 3 is 2.40 bits per heavy atom. The second-order valence-electron chi connectivity index (χ2n) is 2.90. The molecular weight excluding hydrogens is 130 g/mol. The minimum Gasteiger partial charge on any atom is -0.550 e. The van der Waals surface area contributed by atoms with Crippen molar-refractivity contribution < 1.29 is 9.90 Å². The molecule has 0 unspecified atom stereocenters. The molecule has 1 aliphatic rings. The molecule has 1 fully saturated rings. The first-order chi connectivity index (χ1) is 4.70. The summed E-state index contributed by atoms with van der Waals surface area (Å²) >= 11 is 0. The van der Waals surface area contributed by atoms with Gasteiger partial charge in [0.05, 0.1) is 0 Å². The third kappa shape index (κ3) is 1.70. The lowest BCUT2D eigenvalue weighted by atomic mass is 9.98. The van der Waals surface area contributed by atoms with Crippen LogP contribution in [0.4, 0.5) is 0 Å². The van der Waals surface area contributed by atoms with E-state index >= 15 is 0 Å². The van der Waals surface area contributed by atoms with E-state index in [9.17, 15) is 9.90 Å². The van der Waals surface area contributed by atoms with Gasteiger partial charge in [-0.2, -0.15) is 0 Å². The second kappa shape index (κ2) is 3.01. The molecule has 3 nitrogen and oxygen atoms in total. The highest BCUT2D eigenvalue weighted by Gasteiger charge is 2.16. The molecule has 0 aromatic heterocycles. The molecule has 10 heavy (non-hydrogen) atoms. The summed E-state index contributed by atoms with van der Waals surface area (Å²) in [6.07, 6.45) is 1.50. The Morgan fingerprint density at radius 1 is 1.50 bits per heavy atom. The number of hydrogen-bond acceptors (Lipinski definition) is 3. The molecule has 0 saturated carbocycles. The maximum Gasteiger partial charge on any atom is 0.0446 e. The van der Waals surface area contributed by atoms with E-state index in [0.29, 0.717) is 0 Å². The number of carboxylic acid groups (broad SMARTS) is 1. The van der Waals surface area contributed by atoms with Crippen molar-refractivity contribution in [2.75, 3.05) is 20.1 Å². The number of rotatable bonds is 1. The average molecular weight is 142 g/mol. The lowest BCUT2D eigenvalue weighted by Crippen LogP contribution is -2.39. The Balaban J connectivity index is 2.33. The number of nitrogens with zero attached hydrogens (tertiary/aromatic N) is 1. The van der Waals surface area contributed by atoms with Crippen LogP contribution in [0.5, 0.6) is 0 Å². The predicted octanol–water partition coefficient (Wildman–Crippen LogP) is -0.922. The molecule has 0 N–H and O–H groups in total. The van der Waals surface area contributed by atoms with E-state index < -0.39 is 5.97 Å². The highest BCUT2D eigenvalue weighted by atomic mass is 16.4. The first-order valence-electron chi connectivity index (χ1n) is 3.59. The third-order valence-electron chi connectivity index (χ3n) is 2.05. The van der Waals surface area contributed by atoms with Crippen LogP contribution < -0.4 is 5.11 Å². The van der Waals surface area contributed by atoms with Gasteiger partial charge in [0.2, 0.25) is 0 Å². The van der Waals surface area contributed by atoms with Gasteiger partial charge in [-0.1, -0.05) is 0 Å². The minimum absolute atomic E-state index is 0.198. The molecule has 0 amide bonds. The van der Waals surface area contributed by atoms with Crippen molar-refractivity contribution in [3.63, 3.8) is 0 Å². The molecule has 1 heterocycles. The quantitative estimate of drug-likeness (QED) is 0.475. The Bertz CT molecular complexity index is 128. The van der Waals surface area contributed by atoms with Crippen LogP contribution in [0.15, 0.2) is 0 Å². The number of carboxylic acids is 1. The molecule has 0 spiro atoms. The van der Waals surface area contributed by atoms with Gasteiger partial charge in [0, 0.05) is 11.9 Å². The monoisotopic (exact) mass is 142 g/mol. The zero-order valence-electron chi connectivity index (χ0n) is 6.17. The third-order valence-corrected chi connectivity index (χ3v) is 2.05. The molecular formula is C7H12NO2-. The maximum absolute atomic E-state index is 10.3. The van der Waals surface area contributed by atoms with E-state index in [1.54, 1.807) is 0 Å². The Labute approximate surface area is 60.6 Å². The van der Waals surface area contributed by atoms with Gasteiger partial charge in [-0.3, -0.25) is 0 Å². The molecule has 0 bridgehead atoms. The van der Waals surface area contributed by atoms with Crippen molar-refractivity contribution in [2.45, 2.75) is 12.8 Å². The van der Waals surface area contributed by atoms with Crippen LogP contribution in [-0.2, 0) is 4.79 Å². The number of aliphatic carboxylic acids is 1. The number of piperidine rings is 1. The molecule has 0 atom stereocenters. The van der Waals surface area contributed by atoms with E-state index in [1.165, 1.54) is 0 Å². The summed E-state index contributed by atoms with van der Waals surface area (Å²) in [4.78, 5) is 12.5. The fourth-order valence-electron chi connectivity index (χ4n) is 1.24. The van der Waals surface area contributed by atoms with Crippen LogP contribution in [0.25, 0.3) is 0 Å². The topological polar surface area (TPSA) is 43.4 Å². The molecule has 0 aliphatic carbocycles. The molecule has 1 aliphatic heterocycles. The average Bonchev–Trinajstić information content (AvgIpc) is 1.88. The van der Waals surface area contributed by atoms with Gasteiger partial charge in [-0.05, 0) is 33.0 Å². The van der Waals surface area contributed by atoms with Crippen molar-refractivity contribution in [2.24, 2.45) is 5.92 Å². The predicted molar refractivity (Wildman–Crippen MR) is 35.2 cm³/mol. The van der Waals surface area contributed by atoms with Crippen molar-refractivity contribution in [3.8, 4) is 0 Å². The summed E-state index contributed by atoms with van der Waals surface area (Å²) in [5.74, 6) is -1.08. The fourth-order valence-corrected chi connectivity index (χ4v) is 1.24. The van der Waals surface area contributed by atoms with Gasteiger partial charge in [-0.15, -0.1) is 0 Å². The van der Waals surface area contributed by atoms with Crippen molar-refractivity contribution in [3.05, 3.63) is 0 Å². The van der Waals surface area contributed by atoms with Crippen molar-refractivity contribution in [1.29, 1.82) is 0 Å². The van der Waals surface area contributed by atoms with Gasteiger partial charge in [0.25, 0.3) is 0 Å². The number of likely N-dealkylation sites (tertiary alicyclic amines) is 1. The van der Waals surface area contributed by atoms with Crippen LogP contribution in [0.2, 0.25) is 0 Å². The minimum atomic E-state index is -0.881. The molecule has 0 aromatic rings. The van der Waals surface area contributed by atoms with Gasteiger partial charge in [0.15, 0.2) is 0 Å². The Morgan fingerprint density at radius 2 is 2.00 bits per heavy atom. The summed E-state index contributed by atoms with van der Waals surface area (Å²) in [7, 11) is 2.01. The van der Waals surface area contributed by atoms with Crippen LogP contribution in [-0.4, -0.2) is 31.0 Å². The highest BCUT2D eigenvalue weighted by Crippen LogP contribution is 2.14. The molecule has 3 heteroatoms.